The number of rotatable bonds is 1. The van der Waals surface area contributed by atoms with Gasteiger partial charge in [-0.05, 0) is 42.2 Å². The first-order chi connectivity index (χ1) is 10.2. The van der Waals surface area contributed by atoms with E-state index in [9.17, 15) is 0 Å². The van der Waals surface area contributed by atoms with Crippen molar-refractivity contribution in [1.29, 1.82) is 0 Å². The fraction of sp³-hybridized carbons (Fsp3) is 0.235. The van der Waals surface area contributed by atoms with Crippen molar-refractivity contribution in [2.24, 2.45) is 10.7 Å². The summed E-state index contributed by atoms with van der Waals surface area (Å²) in [4.78, 5) is 4.28. The van der Waals surface area contributed by atoms with Gasteiger partial charge in [-0.15, -0.1) is 0 Å². The first-order valence-electron chi connectivity index (χ1n) is 7.20. The Kier molecular flexibility index (Phi) is 2.64. The second-order valence-electron chi connectivity index (χ2n) is 5.65. The third-order valence-electron chi connectivity index (χ3n) is 4.38. The van der Waals surface area contributed by atoms with Crippen LogP contribution in [0.25, 0.3) is 0 Å². The standard InChI is InChI=1S/C17H17N3O/c18-11-6-8-15-14(9-11)16(21-17(19)20-15)13-7-5-10-3-1-2-4-12(10)13/h1-4,6,8-9,13,16H,5,7,18H2,(H2,19,20). The smallest absolute Gasteiger partial charge is 0.287 e. The van der Waals surface area contributed by atoms with Gasteiger partial charge in [-0.25, -0.2) is 0 Å². The fourth-order valence-electron chi connectivity index (χ4n) is 3.44. The molecule has 0 spiro atoms. The van der Waals surface area contributed by atoms with Crippen molar-refractivity contribution in [2.45, 2.75) is 24.9 Å². The SMILES string of the molecule is NC1=Nc2ccc(N)cc2C(C2CCc3ccccc32)O1. The number of aliphatic imine (C=N–C) groups is 1. The van der Waals surface area contributed by atoms with Gasteiger partial charge in [0.1, 0.15) is 6.10 Å². The van der Waals surface area contributed by atoms with Crippen LogP contribution in [0.3, 0.4) is 0 Å². The third-order valence-corrected chi connectivity index (χ3v) is 4.38. The van der Waals surface area contributed by atoms with Crippen LogP contribution in [0.15, 0.2) is 47.5 Å². The van der Waals surface area contributed by atoms with Crippen molar-refractivity contribution in [1.82, 2.24) is 0 Å². The summed E-state index contributed by atoms with van der Waals surface area (Å²) in [6, 6.07) is 14.5. The van der Waals surface area contributed by atoms with E-state index in [1.165, 1.54) is 11.1 Å². The van der Waals surface area contributed by atoms with Gasteiger partial charge in [0.2, 0.25) is 0 Å². The molecular weight excluding hydrogens is 262 g/mol. The fourth-order valence-corrected chi connectivity index (χ4v) is 3.44. The first-order valence-corrected chi connectivity index (χ1v) is 7.20. The zero-order chi connectivity index (χ0) is 14.4. The molecule has 0 saturated carbocycles. The summed E-state index contributed by atoms with van der Waals surface area (Å²) < 4.78 is 5.88. The Morgan fingerprint density at radius 1 is 1.05 bits per heavy atom. The lowest BCUT2D eigenvalue weighted by molar-refractivity contribution is 0.151. The number of hydrogen-bond donors (Lipinski definition) is 2. The van der Waals surface area contributed by atoms with Crippen molar-refractivity contribution >= 4 is 17.4 Å². The Labute approximate surface area is 123 Å². The van der Waals surface area contributed by atoms with Crippen molar-refractivity contribution < 1.29 is 4.74 Å². The Balaban J connectivity index is 1.81. The minimum Gasteiger partial charge on any atom is -0.456 e. The maximum Gasteiger partial charge on any atom is 0.287 e. The van der Waals surface area contributed by atoms with E-state index in [-0.39, 0.29) is 12.1 Å². The Hall–Kier alpha value is -2.49. The number of anilines is 1. The van der Waals surface area contributed by atoms with Crippen LogP contribution < -0.4 is 11.5 Å². The minimum atomic E-state index is -0.107. The van der Waals surface area contributed by atoms with Crippen molar-refractivity contribution in [3.63, 3.8) is 0 Å². The molecule has 1 aliphatic heterocycles. The molecule has 0 aromatic heterocycles. The van der Waals surface area contributed by atoms with Crippen LogP contribution in [0.5, 0.6) is 0 Å². The quantitative estimate of drug-likeness (QED) is 0.788. The highest BCUT2D eigenvalue weighted by atomic mass is 16.5. The molecule has 2 aliphatic rings. The Bertz CT molecular complexity index is 739. The number of hydrogen-bond acceptors (Lipinski definition) is 4. The Morgan fingerprint density at radius 2 is 1.90 bits per heavy atom. The maximum absolute atomic E-state index is 5.94. The summed E-state index contributed by atoms with van der Waals surface area (Å²) in [6.07, 6.45) is 2.03. The molecule has 4 N–H and O–H groups in total. The van der Waals surface area contributed by atoms with Crippen LogP contribution in [0.4, 0.5) is 11.4 Å². The lowest BCUT2D eigenvalue weighted by Gasteiger charge is -2.29. The maximum atomic E-state index is 5.94. The molecule has 4 heteroatoms. The number of nitrogens with zero attached hydrogens (tertiary/aromatic N) is 1. The average molecular weight is 279 g/mol. The van der Waals surface area contributed by atoms with Gasteiger partial charge in [0.05, 0.1) is 5.69 Å². The van der Waals surface area contributed by atoms with Crippen LogP contribution in [-0.4, -0.2) is 6.02 Å². The van der Waals surface area contributed by atoms with Crippen LogP contribution >= 0.6 is 0 Å². The van der Waals surface area contributed by atoms with Crippen molar-refractivity contribution in [3.05, 3.63) is 59.2 Å². The van der Waals surface area contributed by atoms with E-state index in [1.807, 2.05) is 18.2 Å². The summed E-state index contributed by atoms with van der Waals surface area (Å²) >= 11 is 0. The molecule has 106 valence electrons. The lowest BCUT2D eigenvalue weighted by Crippen LogP contribution is -2.26. The highest BCUT2D eigenvalue weighted by Crippen LogP contribution is 2.47. The predicted octanol–water partition coefficient (Wildman–Crippen LogP) is 3.02. The van der Waals surface area contributed by atoms with Crippen LogP contribution in [0.2, 0.25) is 0 Å². The molecule has 2 aromatic carbocycles. The van der Waals surface area contributed by atoms with Crippen molar-refractivity contribution in [3.8, 4) is 0 Å². The van der Waals surface area contributed by atoms with Gasteiger partial charge in [-0.1, -0.05) is 24.3 Å². The molecule has 0 radical (unpaired) electrons. The second kappa shape index (κ2) is 4.52. The summed E-state index contributed by atoms with van der Waals surface area (Å²) in [6.45, 7) is 0. The van der Waals surface area contributed by atoms with E-state index in [0.29, 0.717) is 5.92 Å². The molecule has 2 atom stereocenters. The van der Waals surface area contributed by atoms with Gasteiger partial charge < -0.3 is 16.2 Å². The zero-order valence-electron chi connectivity index (χ0n) is 11.6. The van der Waals surface area contributed by atoms with Gasteiger partial charge in [0.25, 0.3) is 6.02 Å². The predicted molar refractivity (Wildman–Crippen MR) is 83.5 cm³/mol. The number of ether oxygens (including phenoxy) is 1. The summed E-state index contributed by atoms with van der Waals surface area (Å²) in [7, 11) is 0. The number of aryl methyl sites for hydroxylation is 1. The summed E-state index contributed by atoms with van der Waals surface area (Å²) in [5.41, 5.74) is 17.2. The van der Waals surface area contributed by atoms with Crippen LogP contribution in [0, 0.1) is 0 Å². The third kappa shape index (κ3) is 1.95. The highest BCUT2D eigenvalue weighted by Gasteiger charge is 2.35. The molecular formula is C17H17N3O. The number of nitrogens with two attached hydrogens (primary N) is 2. The first kappa shape index (κ1) is 12.3. The van der Waals surface area contributed by atoms with Gasteiger partial charge in [0, 0.05) is 17.2 Å². The van der Waals surface area contributed by atoms with E-state index in [2.05, 4.69) is 29.3 Å². The minimum absolute atomic E-state index is 0.107. The van der Waals surface area contributed by atoms with Gasteiger partial charge >= 0.3 is 0 Å². The number of benzene rings is 2. The summed E-state index contributed by atoms with van der Waals surface area (Å²) in [5.74, 6) is 0.302. The molecule has 4 rings (SSSR count). The molecule has 2 aromatic rings. The molecule has 0 amide bonds. The monoisotopic (exact) mass is 279 g/mol. The van der Waals surface area contributed by atoms with Gasteiger partial charge in [-0.3, -0.25) is 0 Å². The van der Waals surface area contributed by atoms with E-state index >= 15 is 0 Å². The Morgan fingerprint density at radius 3 is 2.81 bits per heavy atom. The lowest BCUT2D eigenvalue weighted by atomic mass is 9.89. The van der Waals surface area contributed by atoms with E-state index in [0.717, 1.165) is 29.8 Å². The molecule has 0 saturated heterocycles. The summed E-state index contributed by atoms with van der Waals surface area (Å²) in [5, 5.41) is 0. The molecule has 0 fully saturated rings. The average Bonchev–Trinajstić information content (AvgIpc) is 2.91. The van der Waals surface area contributed by atoms with Gasteiger partial charge in [0.15, 0.2) is 0 Å². The molecule has 1 heterocycles. The topological polar surface area (TPSA) is 73.6 Å². The van der Waals surface area contributed by atoms with E-state index in [4.69, 9.17) is 16.2 Å². The normalized spacial score (nSPS) is 23.0. The molecule has 1 aliphatic carbocycles. The molecule has 0 bridgehead atoms. The number of amidine groups is 1. The number of fused-ring (bicyclic) bond motifs is 2. The van der Waals surface area contributed by atoms with E-state index < -0.39 is 0 Å². The van der Waals surface area contributed by atoms with Crippen LogP contribution in [0.1, 0.15) is 35.1 Å². The second-order valence-corrected chi connectivity index (χ2v) is 5.65. The molecule has 21 heavy (non-hydrogen) atoms. The van der Waals surface area contributed by atoms with Crippen LogP contribution in [-0.2, 0) is 11.2 Å². The van der Waals surface area contributed by atoms with Gasteiger partial charge in [-0.2, -0.15) is 4.99 Å². The molecule has 2 unspecified atom stereocenters. The highest BCUT2D eigenvalue weighted by molar-refractivity contribution is 5.79. The number of nitrogen functional groups attached to an aromatic ring is 1. The van der Waals surface area contributed by atoms with Crippen molar-refractivity contribution in [2.75, 3.05) is 5.73 Å². The largest absolute Gasteiger partial charge is 0.456 e. The molecule has 4 nitrogen and oxygen atoms in total. The van der Waals surface area contributed by atoms with E-state index in [1.54, 1.807) is 0 Å². The zero-order valence-corrected chi connectivity index (χ0v) is 11.6.